The Hall–Kier alpha value is -1.14. The summed E-state index contributed by atoms with van der Waals surface area (Å²) in [4.78, 5) is 0. The molecule has 0 aliphatic rings. The van der Waals surface area contributed by atoms with Crippen molar-refractivity contribution >= 4 is 7.92 Å². The molecule has 2 aromatic rings. The lowest BCUT2D eigenvalue weighted by Gasteiger charge is -2.41. The third-order valence-electron chi connectivity index (χ3n) is 4.53. The van der Waals surface area contributed by atoms with Gasteiger partial charge in [0, 0.05) is 12.4 Å². The van der Waals surface area contributed by atoms with Crippen LogP contribution in [-0.4, -0.2) is 14.9 Å². The Balaban J connectivity index is 2.22. The van der Waals surface area contributed by atoms with Gasteiger partial charge in [0.1, 0.15) is 0 Å². The molecule has 2 nitrogen and oxygen atoms in total. The summed E-state index contributed by atoms with van der Waals surface area (Å²) in [5.41, 5.74) is 2.65. The lowest BCUT2D eigenvalue weighted by Crippen LogP contribution is -2.29. The molecule has 0 unspecified atom stereocenters. The molecule has 3 heteroatoms. The van der Waals surface area contributed by atoms with Crippen LogP contribution < -0.4 is 4.57 Å². The van der Waals surface area contributed by atoms with Crippen molar-refractivity contribution in [1.29, 1.82) is 0 Å². The van der Waals surface area contributed by atoms with E-state index in [-0.39, 0.29) is 7.92 Å². The molecule has 0 amide bonds. The number of nitrogens with zero attached hydrogens (tertiary/aromatic N) is 2. The molecule has 0 saturated carbocycles. The fourth-order valence-corrected chi connectivity index (χ4v) is 6.94. The SMILES string of the molecule is CCCCn1[c-][n+](-c2cccc(CP(C(C)(C)C)C(C)(C)C)c2)cc1. The smallest absolute Gasteiger partial charge is 0.243 e. The number of aromatic nitrogens is 2. The van der Waals surface area contributed by atoms with Gasteiger partial charge in [0.2, 0.25) is 6.33 Å². The molecule has 0 aliphatic heterocycles. The van der Waals surface area contributed by atoms with Gasteiger partial charge in [-0.3, -0.25) is 0 Å². The van der Waals surface area contributed by atoms with E-state index in [2.05, 4.69) is 101 Å². The topological polar surface area (TPSA) is 8.81 Å². The first kappa shape index (κ1) is 20.2. The van der Waals surface area contributed by atoms with Gasteiger partial charge in [0.05, 0.1) is 12.2 Å². The first-order chi connectivity index (χ1) is 11.6. The molecule has 0 spiro atoms. The Morgan fingerprint density at radius 2 is 1.76 bits per heavy atom. The molecule has 0 aliphatic carbocycles. The average Bonchev–Trinajstić information content (AvgIpc) is 2.97. The van der Waals surface area contributed by atoms with Gasteiger partial charge in [-0.1, -0.05) is 87.1 Å². The summed E-state index contributed by atoms with van der Waals surface area (Å²) in [5, 5.41) is 0.707. The van der Waals surface area contributed by atoms with Crippen molar-refractivity contribution in [2.75, 3.05) is 0 Å². The summed E-state index contributed by atoms with van der Waals surface area (Å²) >= 11 is 0. The maximum absolute atomic E-state index is 3.44. The van der Waals surface area contributed by atoms with E-state index in [1.54, 1.807) is 0 Å². The molecule has 1 heterocycles. The molecule has 1 aromatic heterocycles. The van der Waals surface area contributed by atoms with Crippen molar-refractivity contribution < 1.29 is 4.57 Å². The Bertz CT molecular complexity index is 660. The zero-order chi connectivity index (χ0) is 18.7. The highest BCUT2D eigenvalue weighted by atomic mass is 31.1. The fraction of sp³-hybridized carbons (Fsp3) is 0.591. The van der Waals surface area contributed by atoms with Gasteiger partial charge < -0.3 is 9.13 Å². The second kappa shape index (κ2) is 8.04. The molecule has 0 bridgehead atoms. The summed E-state index contributed by atoms with van der Waals surface area (Å²) in [6.45, 7) is 17.6. The minimum absolute atomic E-state index is 0.128. The van der Waals surface area contributed by atoms with Crippen LogP contribution in [0.1, 0.15) is 66.9 Å². The summed E-state index contributed by atoms with van der Waals surface area (Å²) in [7, 11) is -0.128. The van der Waals surface area contributed by atoms with Crippen molar-refractivity contribution in [2.24, 2.45) is 0 Å². The molecule has 2 rings (SSSR count). The number of aryl methyl sites for hydroxylation is 1. The second-order valence-electron chi connectivity index (χ2n) is 8.91. The lowest BCUT2D eigenvalue weighted by atomic mass is 10.2. The van der Waals surface area contributed by atoms with Crippen LogP contribution >= 0.6 is 7.92 Å². The first-order valence-electron chi connectivity index (χ1n) is 9.48. The minimum atomic E-state index is -0.128. The third-order valence-corrected chi connectivity index (χ3v) is 8.45. The molecule has 138 valence electrons. The van der Waals surface area contributed by atoms with E-state index >= 15 is 0 Å². The van der Waals surface area contributed by atoms with Crippen LogP contribution in [0.15, 0.2) is 36.7 Å². The van der Waals surface area contributed by atoms with E-state index in [9.17, 15) is 0 Å². The number of unbranched alkanes of at least 4 members (excludes halogenated alkanes) is 1. The zero-order valence-corrected chi connectivity index (χ0v) is 18.0. The highest BCUT2D eigenvalue weighted by Crippen LogP contribution is 2.61. The number of hydrogen-bond acceptors (Lipinski definition) is 0. The summed E-state index contributed by atoms with van der Waals surface area (Å²) < 4.78 is 4.28. The molecule has 0 radical (unpaired) electrons. The number of rotatable bonds is 6. The molecule has 25 heavy (non-hydrogen) atoms. The second-order valence-corrected chi connectivity index (χ2v) is 12.8. The Labute approximate surface area is 156 Å². The van der Waals surface area contributed by atoms with Crippen LogP contribution in [-0.2, 0) is 12.7 Å². The van der Waals surface area contributed by atoms with Gasteiger partial charge in [-0.25, -0.2) is 0 Å². The average molecular weight is 359 g/mol. The highest BCUT2D eigenvalue weighted by Gasteiger charge is 2.33. The van der Waals surface area contributed by atoms with E-state index < -0.39 is 0 Å². The predicted octanol–water partition coefficient (Wildman–Crippen LogP) is 5.94. The normalized spacial score (nSPS) is 12.8. The van der Waals surface area contributed by atoms with Gasteiger partial charge in [0.25, 0.3) is 0 Å². The van der Waals surface area contributed by atoms with Crippen LogP contribution in [0.3, 0.4) is 0 Å². The van der Waals surface area contributed by atoms with Gasteiger partial charge >= 0.3 is 0 Å². The Kier molecular flexibility index (Phi) is 6.49. The van der Waals surface area contributed by atoms with Gasteiger partial charge in [0.15, 0.2) is 0 Å². The highest BCUT2D eigenvalue weighted by molar-refractivity contribution is 7.60. The fourth-order valence-electron chi connectivity index (χ4n) is 3.42. The molecule has 0 fully saturated rings. The number of benzene rings is 1. The number of hydrogen-bond donors (Lipinski definition) is 0. The van der Waals surface area contributed by atoms with Gasteiger partial charge in [-0.15, -0.1) is 0 Å². The quantitative estimate of drug-likeness (QED) is 0.343. The molecule has 0 atom stereocenters. The van der Waals surface area contributed by atoms with Crippen LogP contribution in [0, 0.1) is 6.33 Å². The molecular weight excluding hydrogens is 323 g/mol. The largest absolute Gasteiger partial charge is 0.326 e. The first-order valence-corrected chi connectivity index (χ1v) is 11.0. The van der Waals surface area contributed by atoms with Crippen LogP contribution in [0.4, 0.5) is 0 Å². The van der Waals surface area contributed by atoms with Crippen molar-refractivity contribution in [3.8, 4) is 5.69 Å². The minimum Gasteiger partial charge on any atom is -0.326 e. The van der Waals surface area contributed by atoms with Crippen molar-refractivity contribution in [1.82, 2.24) is 4.57 Å². The van der Waals surface area contributed by atoms with Crippen LogP contribution in [0.25, 0.3) is 5.69 Å². The maximum atomic E-state index is 3.44. The summed E-state index contributed by atoms with van der Waals surface area (Å²) in [6, 6.07) is 8.99. The third kappa shape index (κ3) is 5.68. The van der Waals surface area contributed by atoms with E-state index in [0.717, 1.165) is 6.54 Å². The van der Waals surface area contributed by atoms with Crippen molar-refractivity contribution in [3.63, 3.8) is 0 Å². The molecule has 0 N–H and O–H groups in total. The van der Waals surface area contributed by atoms with E-state index in [1.165, 1.54) is 30.3 Å². The van der Waals surface area contributed by atoms with E-state index in [1.807, 2.05) is 0 Å². The maximum Gasteiger partial charge on any atom is 0.243 e. The Morgan fingerprint density at radius 1 is 1.08 bits per heavy atom. The van der Waals surface area contributed by atoms with E-state index in [0.29, 0.717) is 10.3 Å². The number of imidazole rings is 1. The standard InChI is InChI=1S/C22H35N2P/c1-8-9-13-23-14-15-24(18-23)20-12-10-11-19(16-20)17-25(21(2,3)4)22(5,6)7/h10-12,14-16H,8-9,13,17H2,1-7H3. The van der Waals surface area contributed by atoms with Gasteiger partial charge in [-0.05, 0) is 28.5 Å². The predicted molar refractivity (Wildman–Crippen MR) is 110 cm³/mol. The van der Waals surface area contributed by atoms with Crippen molar-refractivity contribution in [3.05, 3.63) is 48.5 Å². The van der Waals surface area contributed by atoms with Crippen molar-refractivity contribution in [2.45, 2.75) is 84.3 Å². The summed E-state index contributed by atoms with van der Waals surface area (Å²) in [6.07, 6.45) is 11.3. The molecule has 1 aromatic carbocycles. The van der Waals surface area contributed by atoms with Crippen LogP contribution in [0.2, 0.25) is 0 Å². The lowest BCUT2D eigenvalue weighted by molar-refractivity contribution is -0.599. The summed E-state index contributed by atoms with van der Waals surface area (Å²) in [5.74, 6) is 0. The van der Waals surface area contributed by atoms with Gasteiger partial charge in [-0.2, -0.15) is 0 Å². The molecule has 0 saturated heterocycles. The monoisotopic (exact) mass is 358 g/mol. The van der Waals surface area contributed by atoms with E-state index in [4.69, 9.17) is 0 Å². The Morgan fingerprint density at radius 3 is 2.36 bits per heavy atom. The van der Waals surface area contributed by atoms with Crippen LogP contribution in [0.5, 0.6) is 0 Å². The molecular formula is C22H35N2P. The zero-order valence-electron chi connectivity index (χ0n) is 17.1.